The number of hydrogen-bond donors (Lipinski definition) is 1. The van der Waals surface area contributed by atoms with Crippen molar-refractivity contribution in [2.75, 3.05) is 19.7 Å². The van der Waals surface area contributed by atoms with Gasteiger partial charge in [-0.05, 0) is 12.1 Å². The molecule has 0 bridgehead atoms. The fourth-order valence-electron chi connectivity index (χ4n) is 1.65. The predicted octanol–water partition coefficient (Wildman–Crippen LogP) is 2.42. The summed E-state index contributed by atoms with van der Waals surface area (Å²) in [5.74, 6) is 0. The lowest BCUT2D eigenvalue weighted by Crippen LogP contribution is -2.31. The summed E-state index contributed by atoms with van der Waals surface area (Å²) in [6, 6.07) is 4.45. The van der Waals surface area contributed by atoms with E-state index in [0.29, 0.717) is 10.0 Å². The molecule has 5 nitrogen and oxygen atoms in total. The number of alkyl halides is 2. The Balaban J connectivity index is 2.91. The van der Waals surface area contributed by atoms with Gasteiger partial charge in [0, 0.05) is 29.2 Å². The standard InChI is InChI=1S/C11H13BrF2N2O3/c12-9-2-1-8(10(5-9)16(18)19)6-15(3-4-17)7-11(13)14/h1-2,5,11,17H,3-4,6-7H2. The molecule has 1 aromatic carbocycles. The summed E-state index contributed by atoms with van der Waals surface area (Å²) in [5.41, 5.74) is 0.203. The highest BCUT2D eigenvalue weighted by Crippen LogP contribution is 2.24. The third kappa shape index (κ3) is 5.17. The summed E-state index contributed by atoms with van der Waals surface area (Å²) < 4.78 is 25.3. The zero-order valence-corrected chi connectivity index (χ0v) is 11.5. The van der Waals surface area contributed by atoms with Crippen molar-refractivity contribution in [2.45, 2.75) is 13.0 Å². The smallest absolute Gasteiger partial charge is 0.275 e. The minimum Gasteiger partial charge on any atom is -0.395 e. The third-order valence-corrected chi connectivity index (χ3v) is 2.94. The van der Waals surface area contributed by atoms with Crippen LogP contribution in [0.15, 0.2) is 22.7 Å². The second-order valence-electron chi connectivity index (χ2n) is 3.88. The first-order valence-electron chi connectivity index (χ1n) is 5.48. The lowest BCUT2D eigenvalue weighted by molar-refractivity contribution is -0.385. The average molecular weight is 339 g/mol. The highest BCUT2D eigenvalue weighted by molar-refractivity contribution is 9.10. The van der Waals surface area contributed by atoms with E-state index in [1.54, 1.807) is 6.07 Å². The predicted molar refractivity (Wildman–Crippen MR) is 69.2 cm³/mol. The van der Waals surface area contributed by atoms with Crippen molar-refractivity contribution < 1.29 is 18.8 Å². The van der Waals surface area contributed by atoms with E-state index in [1.165, 1.54) is 17.0 Å². The highest BCUT2D eigenvalue weighted by atomic mass is 79.9. The van der Waals surface area contributed by atoms with Crippen LogP contribution in [0.5, 0.6) is 0 Å². The number of halogens is 3. The van der Waals surface area contributed by atoms with Gasteiger partial charge in [0.05, 0.1) is 18.1 Å². The van der Waals surface area contributed by atoms with Crippen LogP contribution in [0, 0.1) is 10.1 Å². The molecule has 19 heavy (non-hydrogen) atoms. The first-order chi connectivity index (χ1) is 8.93. The van der Waals surface area contributed by atoms with Crippen molar-refractivity contribution in [2.24, 2.45) is 0 Å². The third-order valence-electron chi connectivity index (χ3n) is 2.45. The van der Waals surface area contributed by atoms with Crippen LogP contribution in [0.25, 0.3) is 0 Å². The average Bonchev–Trinajstić information content (AvgIpc) is 2.30. The maximum atomic E-state index is 12.4. The van der Waals surface area contributed by atoms with Crippen LogP contribution >= 0.6 is 15.9 Å². The van der Waals surface area contributed by atoms with E-state index in [-0.39, 0.29) is 25.4 Å². The Bertz CT molecular complexity index is 446. The van der Waals surface area contributed by atoms with Crippen LogP contribution in [0.2, 0.25) is 0 Å². The van der Waals surface area contributed by atoms with E-state index in [9.17, 15) is 18.9 Å². The summed E-state index contributed by atoms with van der Waals surface area (Å²) in [6.07, 6.45) is -2.55. The number of nitro groups is 1. The maximum absolute atomic E-state index is 12.4. The Morgan fingerprint density at radius 1 is 1.47 bits per heavy atom. The van der Waals surface area contributed by atoms with Gasteiger partial charge in [0.15, 0.2) is 0 Å². The van der Waals surface area contributed by atoms with Crippen LogP contribution in [-0.2, 0) is 6.54 Å². The summed E-state index contributed by atoms with van der Waals surface area (Å²) >= 11 is 3.12. The molecule has 0 amide bonds. The SMILES string of the molecule is O=[N+]([O-])c1cc(Br)ccc1CN(CCO)CC(F)F. The lowest BCUT2D eigenvalue weighted by Gasteiger charge is -2.20. The topological polar surface area (TPSA) is 66.6 Å². The van der Waals surface area contributed by atoms with Crippen LogP contribution in [0.4, 0.5) is 14.5 Å². The fourth-order valence-corrected chi connectivity index (χ4v) is 2.00. The molecule has 0 heterocycles. The quantitative estimate of drug-likeness (QED) is 0.612. The highest BCUT2D eigenvalue weighted by Gasteiger charge is 2.19. The Morgan fingerprint density at radius 3 is 2.68 bits per heavy atom. The molecule has 8 heteroatoms. The summed E-state index contributed by atoms with van der Waals surface area (Å²) in [4.78, 5) is 11.6. The maximum Gasteiger partial charge on any atom is 0.275 e. The number of nitrogens with zero attached hydrogens (tertiary/aromatic N) is 2. The zero-order chi connectivity index (χ0) is 14.4. The first kappa shape index (κ1) is 15.9. The summed E-state index contributed by atoms with van der Waals surface area (Å²) in [6.45, 7) is -0.781. The van der Waals surface area contributed by atoms with Crippen molar-refractivity contribution in [1.29, 1.82) is 0 Å². The van der Waals surface area contributed by atoms with Gasteiger partial charge in [0.25, 0.3) is 12.1 Å². The van der Waals surface area contributed by atoms with Crippen molar-refractivity contribution >= 4 is 21.6 Å². The molecule has 0 aliphatic rings. The molecule has 1 N–H and O–H groups in total. The van der Waals surface area contributed by atoms with E-state index in [2.05, 4.69) is 15.9 Å². The monoisotopic (exact) mass is 338 g/mol. The Morgan fingerprint density at radius 2 is 2.16 bits per heavy atom. The van der Waals surface area contributed by atoms with Crippen molar-refractivity contribution in [1.82, 2.24) is 4.90 Å². The van der Waals surface area contributed by atoms with Gasteiger partial charge in [-0.25, -0.2) is 8.78 Å². The largest absolute Gasteiger partial charge is 0.395 e. The van der Waals surface area contributed by atoms with Gasteiger partial charge >= 0.3 is 0 Å². The molecule has 0 aromatic heterocycles. The van der Waals surface area contributed by atoms with Gasteiger partial charge < -0.3 is 5.11 Å². The number of rotatable bonds is 7. The molecular weight excluding hydrogens is 326 g/mol. The van der Waals surface area contributed by atoms with Crippen molar-refractivity contribution in [3.05, 3.63) is 38.3 Å². The van der Waals surface area contributed by atoms with Crippen LogP contribution in [-0.4, -0.2) is 41.1 Å². The van der Waals surface area contributed by atoms with Gasteiger partial charge in [-0.1, -0.05) is 15.9 Å². The molecule has 0 saturated heterocycles. The lowest BCUT2D eigenvalue weighted by atomic mass is 10.1. The van der Waals surface area contributed by atoms with E-state index in [0.717, 1.165) is 0 Å². The number of benzene rings is 1. The molecule has 0 unspecified atom stereocenters. The summed E-state index contributed by atoms with van der Waals surface area (Å²) in [5, 5.41) is 19.7. The van der Waals surface area contributed by atoms with Crippen molar-refractivity contribution in [3.8, 4) is 0 Å². The van der Waals surface area contributed by atoms with Gasteiger partial charge in [-0.15, -0.1) is 0 Å². The number of aliphatic hydroxyl groups excluding tert-OH is 1. The van der Waals surface area contributed by atoms with Crippen molar-refractivity contribution in [3.63, 3.8) is 0 Å². The molecule has 0 fully saturated rings. The molecule has 0 atom stereocenters. The fraction of sp³-hybridized carbons (Fsp3) is 0.455. The molecule has 1 aromatic rings. The number of hydrogen-bond acceptors (Lipinski definition) is 4. The molecule has 0 radical (unpaired) electrons. The van der Waals surface area contributed by atoms with E-state index >= 15 is 0 Å². The molecular formula is C11H13BrF2N2O3. The number of nitro benzene ring substituents is 1. The van der Waals surface area contributed by atoms with Crippen LogP contribution in [0.3, 0.4) is 0 Å². The van der Waals surface area contributed by atoms with Gasteiger partial charge in [0.2, 0.25) is 0 Å². The minimum absolute atomic E-state index is 0.00546. The molecule has 1 rings (SSSR count). The van der Waals surface area contributed by atoms with E-state index in [1.807, 2.05) is 0 Å². The number of aliphatic hydroxyl groups is 1. The first-order valence-corrected chi connectivity index (χ1v) is 6.27. The second kappa shape index (κ2) is 7.46. The molecule has 0 aliphatic heterocycles. The summed E-state index contributed by atoms with van der Waals surface area (Å²) in [7, 11) is 0. The normalized spacial score (nSPS) is 11.3. The molecule has 0 aliphatic carbocycles. The Kier molecular flexibility index (Phi) is 6.26. The van der Waals surface area contributed by atoms with E-state index in [4.69, 9.17) is 5.11 Å². The van der Waals surface area contributed by atoms with Crippen LogP contribution in [0.1, 0.15) is 5.56 Å². The van der Waals surface area contributed by atoms with Gasteiger partial charge in [-0.2, -0.15) is 0 Å². The zero-order valence-electron chi connectivity index (χ0n) is 9.93. The van der Waals surface area contributed by atoms with Crippen LogP contribution < -0.4 is 0 Å². The molecule has 106 valence electrons. The van der Waals surface area contributed by atoms with Gasteiger partial charge in [-0.3, -0.25) is 15.0 Å². The van der Waals surface area contributed by atoms with E-state index < -0.39 is 17.9 Å². The van der Waals surface area contributed by atoms with Gasteiger partial charge in [0.1, 0.15) is 0 Å². The molecule has 0 saturated carbocycles. The second-order valence-corrected chi connectivity index (χ2v) is 4.80. The minimum atomic E-state index is -2.55. The molecule has 0 spiro atoms. The Hall–Kier alpha value is -1.12. The Labute approximate surface area is 117 Å².